The molecule has 0 atom stereocenters. The van der Waals surface area contributed by atoms with Gasteiger partial charge in [-0.2, -0.15) is 0 Å². The van der Waals surface area contributed by atoms with E-state index in [0.717, 1.165) is 11.8 Å². The predicted molar refractivity (Wildman–Crippen MR) is 62.4 cm³/mol. The Kier molecular flexibility index (Phi) is 2.96. The fourth-order valence-corrected chi connectivity index (χ4v) is 1.94. The molecule has 0 saturated carbocycles. The van der Waals surface area contributed by atoms with Gasteiger partial charge in [0.15, 0.2) is 5.17 Å². The van der Waals surface area contributed by atoms with E-state index >= 15 is 0 Å². The molecule has 0 bridgehead atoms. The summed E-state index contributed by atoms with van der Waals surface area (Å²) in [6.07, 6.45) is 1.44. The van der Waals surface area contributed by atoms with Crippen LogP contribution in [0.4, 0.5) is 5.88 Å². The summed E-state index contributed by atoms with van der Waals surface area (Å²) in [6, 6.07) is 2.67. The summed E-state index contributed by atoms with van der Waals surface area (Å²) in [4.78, 5) is 25.4. The molecule has 1 amide bonds. The lowest BCUT2D eigenvalue weighted by Crippen LogP contribution is -2.19. The van der Waals surface area contributed by atoms with Gasteiger partial charge in [0.2, 0.25) is 0 Å². The van der Waals surface area contributed by atoms with Gasteiger partial charge < -0.3 is 9.73 Å². The molecular formula is C9H7N3O4S. The van der Waals surface area contributed by atoms with Gasteiger partial charge in [0.25, 0.3) is 5.91 Å². The van der Waals surface area contributed by atoms with Crippen LogP contribution in [0.25, 0.3) is 6.08 Å². The molecule has 1 aliphatic rings. The number of nitro groups is 1. The Bertz CT molecular complexity index is 546. The van der Waals surface area contributed by atoms with Gasteiger partial charge in [-0.15, -0.1) is 0 Å². The van der Waals surface area contributed by atoms with E-state index in [9.17, 15) is 14.9 Å². The molecule has 1 aromatic heterocycles. The molecular weight excluding hydrogens is 246 g/mol. The Labute approximate surface area is 99.7 Å². The van der Waals surface area contributed by atoms with E-state index in [4.69, 9.17) is 4.42 Å². The first-order valence-corrected chi connectivity index (χ1v) is 5.33. The fraction of sp³-hybridized carbons (Fsp3) is 0.111. The van der Waals surface area contributed by atoms with Gasteiger partial charge in [0.1, 0.15) is 10.7 Å². The van der Waals surface area contributed by atoms with E-state index in [0.29, 0.717) is 10.1 Å². The average Bonchev–Trinajstić information content (AvgIpc) is 2.87. The minimum absolute atomic E-state index is 0.256. The molecule has 1 aromatic rings. The first-order chi connectivity index (χ1) is 8.10. The second-order valence-electron chi connectivity index (χ2n) is 3.03. The van der Waals surface area contributed by atoms with Crippen molar-refractivity contribution < 1.29 is 14.1 Å². The predicted octanol–water partition coefficient (Wildman–Crippen LogP) is 1.38. The van der Waals surface area contributed by atoms with Crippen molar-refractivity contribution in [1.29, 1.82) is 0 Å². The summed E-state index contributed by atoms with van der Waals surface area (Å²) in [5.74, 6) is -0.397. The topological polar surface area (TPSA) is 97.7 Å². The fourth-order valence-electron chi connectivity index (χ4n) is 1.18. The normalized spacial score (nSPS) is 19.9. The van der Waals surface area contributed by atoms with Crippen molar-refractivity contribution in [3.63, 3.8) is 0 Å². The molecule has 7 nitrogen and oxygen atoms in total. The number of nitrogens with one attached hydrogen (secondary N) is 1. The Morgan fingerprint density at radius 3 is 2.88 bits per heavy atom. The highest BCUT2D eigenvalue weighted by Gasteiger charge is 2.24. The van der Waals surface area contributed by atoms with Crippen molar-refractivity contribution in [3.05, 3.63) is 32.9 Å². The average molecular weight is 253 g/mol. The summed E-state index contributed by atoms with van der Waals surface area (Å²) in [7, 11) is 1.56. The van der Waals surface area contributed by atoms with Crippen LogP contribution in [0.5, 0.6) is 0 Å². The Morgan fingerprint density at radius 2 is 2.35 bits per heavy atom. The highest BCUT2D eigenvalue weighted by Crippen LogP contribution is 2.27. The first kappa shape index (κ1) is 11.4. The third-order valence-electron chi connectivity index (χ3n) is 1.92. The van der Waals surface area contributed by atoms with Crippen LogP contribution in [0.1, 0.15) is 5.76 Å². The number of hydrogen-bond acceptors (Lipinski definition) is 6. The third-order valence-corrected chi connectivity index (χ3v) is 2.92. The van der Waals surface area contributed by atoms with Gasteiger partial charge in [-0.3, -0.25) is 19.9 Å². The molecule has 0 spiro atoms. The number of nitrogens with zero attached hydrogens (tertiary/aromatic N) is 2. The van der Waals surface area contributed by atoms with Crippen LogP contribution in [0.2, 0.25) is 0 Å². The van der Waals surface area contributed by atoms with Gasteiger partial charge >= 0.3 is 5.88 Å². The lowest BCUT2D eigenvalue weighted by atomic mass is 10.4. The van der Waals surface area contributed by atoms with Crippen LogP contribution in [-0.4, -0.2) is 23.0 Å². The highest BCUT2D eigenvalue weighted by molar-refractivity contribution is 8.18. The van der Waals surface area contributed by atoms with E-state index in [1.165, 1.54) is 18.2 Å². The van der Waals surface area contributed by atoms with Gasteiger partial charge in [-0.25, -0.2) is 0 Å². The number of carbonyl (C=O) groups is 1. The van der Waals surface area contributed by atoms with E-state index in [1.54, 1.807) is 7.05 Å². The SMILES string of the molecule is CN=C1NC(=O)/C(=C/c2ccc([N+](=O)[O-])o2)S1. The van der Waals surface area contributed by atoms with Crippen LogP contribution in [0, 0.1) is 10.1 Å². The van der Waals surface area contributed by atoms with Crippen molar-refractivity contribution in [2.75, 3.05) is 7.05 Å². The van der Waals surface area contributed by atoms with E-state index < -0.39 is 4.92 Å². The maximum atomic E-state index is 11.4. The molecule has 1 fully saturated rings. The lowest BCUT2D eigenvalue weighted by molar-refractivity contribution is -0.402. The molecule has 1 N–H and O–H groups in total. The largest absolute Gasteiger partial charge is 0.433 e. The maximum absolute atomic E-state index is 11.4. The van der Waals surface area contributed by atoms with E-state index in [1.807, 2.05) is 0 Å². The molecule has 17 heavy (non-hydrogen) atoms. The monoisotopic (exact) mass is 253 g/mol. The zero-order valence-electron chi connectivity index (χ0n) is 8.67. The maximum Gasteiger partial charge on any atom is 0.433 e. The molecule has 0 aromatic carbocycles. The summed E-state index contributed by atoms with van der Waals surface area (Å²) >= 11 is 1.15. The molecule has 1 aliphatic heterocycles. The summed E-state index contributed by atoms with van der Waals surface area (Å²) in [6.45, 7) is 0. The quantitative estimate of drug-likeness (QED) is 0.487. The number of rotatable bonds is 2. The minimum Gasteiger partial charge on any atom is -0.401 e. The standard InChI is InChI=1S/C9H7N3O4S/c1-10-9-11-8(13)6(17-9)4-5-2-3-7(16-5)12(14)15/h2-4H,1H3,(H,10,11,13)/b6-4-. The Morgan fingerprint density at radius 1 is 1.59 bits per heavy atom. The number of carbonyl (C=O) groups excluding carboxylic acids is 1. The number of amides is 1. The number of amidine groups is 1. The van der Waals surface area contributed by atoms with Crippen LogP contribution >= 0.6 is 11.8 Å². The molecule has 0 unspecified atom stereocenters. The first-order valence-electron chi connectivity index (χ1n) is 4.52. The second-order valence-corrected chi connectivity index (χ2v) is 4.06. The van der Waals surface area contributed by atoms with Gasteiger partial charge in [0, 0.05) is 13.1 Å². The van der Waals surface area contributed by atoms with Crippen LogP contribution in [-0.2, 0) is 4.79 Å². The van der Waals surface area contributed by atoms with Crippen LogP contribution in [0.15, 0.2) is 26.4 Å². The molecule has 2 heterocycles. The van der Waals surface area contributed by atoms with Gasteiger partial charge in [-0.1, -0.05) is 0 Å². The molecule has 2 rings (SSSR count). The van der Waals surface area contributed by atoms with Crippen molar-refractivity contribution in [1.82, 2.24) is 5.32 Å². The summed E-state index contributed by atoms with van der Waals surface area (Å²) < 4.78 is 4.92. The van der Waals surface area contributed by atoms with E-state index in [2.05, 4.69) is 10.3 Å². The highest BCUT2D eigenvalue weighted by atomic mass is 32.2. The summed E-state index contributed by atoms with van der Waals surface area (Å²) in [5.41, 5.74) is 0. The van der Waals surface area contributed by atoms with E-state index in [-0.39, 0.29) is 17.6 Å². The number of furan rings is 1. The van der Waals surface area contributed by atoms with Crippen molar-refractivity contribution in [2.45, 2.75) is 0 Å². The number of aliphatic imine (C=N–C) groups is 1. The van der Waals surface area contributed by atoms with Crippen molar-refractivity contribution in [2.24, 2.45) is 4.99 Å². The Balaban J connectivity index is 2.24. The second kappa shape index (κ2) is 4.42. The zero-order chi connectivity index (χ0) is 12.4. The number of hydrogen-bond donors (Lipinski definition) is 1. The molecule has 0 aliphatic carbocycles. The lowest BCUT2D eigenvalue weighted by Gasteiger charge is -1.88. The molecule has 0 radical (unpaired) electrons. The molecule has 88 valence electrons. The summed E-state index contributed by atoms with van der Waals surface area (Å²) in [5, 5.41) is 13.4. The third kappa shape index (κ3) is 2.36. The smallest absolute Gasteiger partial charge is 0.401 e. The van der Waals surface area contributed by atoms with Crippen LogP contribution in [0.3, 0.4) is 0 Å². The van der Waals surface area contributed by atoms with Crippen molar-refractivity contribution in [3.8, 4) is 0 Å². The van der Waals surface area contributed by atoms with Gasteiger partial charge in [-0.05, 0) is 17.8 Å². The Hall–Kier alpha value is -2.09. The number of thioether (sulfide) groups is 1. The zero-order valence-corrected chi connectivity index (χ0v) is 9.48. The molecule has 8 heteroatoms. The van der Waals surface area contributed by atoms with Crippen molar-refractivity contribution >= 4 is 34.8 Å². The van der Waals surface area contributed by atoms with Gasteiger partial charge in [0.05, 0.1) is 11.0 Å². The molecule has 1 saturated heterocycles. The minimum atomic E-state index is -0.636. The van der Waals surface area contributed by atoms with Crippen LogP contribution < -0.4 is 5.32 Å².